The van der Waals surface area contributed by atoms with Crippen molar-refractivity contribution in [1.82, 2.24) is 0 Å². The van der Waals surface area contributed by atoms with E-state index in [0.717, 1.165) is 12.1 Å². The Labute approximate surface area is 148 Å². The number of carbonyl (C=O) groups is 3. The van der Waals surface area contributed by atoms with E-state index < -0.39 is 62.6 Å². The molecule has 0 aliphatic heterocycles. The summed E-state index contributed by atoms with van der Waals surface area (Å²) in [6.07, 6.45) is -11.2. The van der Waals surface area contributed by atoms with E-state index in [1.165, 1.54) is 0 Å². The Morgan fingerprint density at radius 2 is 1.40 bits per heavy atom. The molecule has 0 heterocycles. The van der Waals surface area contributed by atoms with Crippen LogP contribution in [0.2, 0.25) is 5.02 Å². The van der Waals surface area contributed by atoms with Crippen molar-refractivity contribution in [1.29, 1.82) is 0 Å². The zero-order valence-electron chi connectivity index (χ0n) is 11.4. The summed E-state index contributed by atoms with van der Waals surface area (Å²) in [6.45, 7) is 0. The predicted octanol–water partition coefficient (Wildman–Crippen LogP) is 1.94. The first-order valence-electron chi connectivity index (χ1n) is 5.82. The van der Waals surface area contributed by atoms with Crippen molar-refractivity contribution in [3.05, 3.63) is 28.8 Å². The number of hydrogen-bond acceptors (Lipinski definition) is 5. The van der Waals surface area contributed by atoms with Crippen molar-refractivity contribution < 1.29 is 51.2 Å². The van der Waals surface area contributed by atoms with Crippen molar-refractivity contribution in [2.75, 3.05) is 0 Å². The third-order valence-corrected chi connectivity index (χ3v) is 9.89. The van der Waals surface area contributed by atoms with Crippen molar-refractivity contribution in [3.63, 3.8) is 0 Å². The molecule has 0 amide bonds. The maximum atomic E-state index is 12.3. The summed E-state index contributed by atoms with van der Waals surface area (Å²) in [5.74, 6) is -7.59. The van der Waals surface area contributed by atoms with Crippen LogP contribution in [-0.2, 0) is 15.0 Å². The molecule has 0 saturated carbocycles. The Morgan fingerprint density at radius 1 is 0.960 bits per heavy atom. The fourth-order valence-electron chi connectivity index (χ4n) is 1.40. The number of hydrogen-bond donors (Lipinski definition) is 1. The van der Waals surface area contributed by atoms with Gasteiger partial charge in [-0.2, -0.15) is 0 Å². The molecule has 1 aromatic rings. The average molecular weight is 586 g/mol. The molecule has 14 heteroatoms. The summed E-state index contributed by atoms with van der Waals surface area (Å²) >= 11 is -0.101. The Hall–Kier alpha value is -1.58. The van der Waals surface area contributed by atoms with E-state index in [9.17, 15) is 40.7 Å². The van der Waals surface area contributed by atoms with Gasteiger partial charge in [0.15, 0.2) is 0 Å². The van der Waals surface area contributed by atoms with Crippen molar-refractivity contribution in [3.8, 4) is 0 Å². The van der Waals surface area contributed by atoms with Crippen LogP contribution in [-0.4, -0.2) is 59.0 Å². The van der Waals surface area contributed by atoms with E-state index in [4.69, 9.17) is 16.7 Å². The Morgan fingerprint density at radius 3 is 1.76 bits per heavy atom. The molecule has 0 spiro atoms. The summed E-state index contributed by atoms with van der Waals surface area (Å²) in [5.41, 5.74) is -0.843. The number of carboxylic acid groups (broad SMARTS) is 1. The van der Waals surface area contributed by atoms with Gasteiger partial charge in [0, 0.05) is 0 Å². The fourth-order valence-corrected chi connectivity index (χ4v) is 8.07. The topological polar surface area (TPSA) is 89.9 Å². The summed E-state index contributed by atoms with van der Waals surface area (Å²) < 4.78 is 80.8. The van der Waals surface area contributed by atoms with Gasteiger partial charge in [-0.05, 0) is 0 Å². The van der Waals surface area contributed by atoms with Crippen LogP contribution in [0.1, 0.15) is 10.4 Å². The van der Waals surface area contributed by atoms with Gasteiger partial charge < -0.3 is 0 Å². The molecule has 0 atom stereocenters. The van der Waals surface area contributed by atoms with Crippen molar-refractivity contribution >= 4 is 56.2 Å². The van der Waals surface area contributed by atoms with Crippen LogP contribution < -0.4 is 3.12 Å². The van der Waals surface area contributed by atoms with Gasteiger partial charge in [-0.25, -0.2) is 0 Å². The zero-order valence-corrected chi connectivity index (χ0v) is 16.7. The van der Waals surface area contributed by atoms with E-state index in [1.54, 1.807) is 0 Å². The molecule has 1 aromatic carbocycles. The molecule has 0 bridgehead atoms. The molecule has 0 fully saturated rings. The second-order valence-electron chi connectivity index (χ2n) is 4.17. The van der Waals surface area contributed by atoms with Gasteiger partial charge in [-0.3, -0.25) is 0 Å². The molecule has 0 unspecified atom stereocenters. The number of halogens is 7. The molecule has 0 aliphatic carbocycles. The molecule has 6 nitrogen and oxygen atoms in total. The number of carboxylic acids is 1. The molecule has 136 valence electrons. The van der Waals surface area contributed by atoms with Crippen LogP contribution in [0.15, 0.2) is 18.2 Å². The van der Waals surface area contributed by atoms with Crippen LogP contribution >= 0.6 is 11.6 Å². The third kappa shape index (κ3) is 6.02. The van der Waals surface area contributed by atoms with E-state index in [1.807, 2.05) is 0 Å². The van der Waals surface area contributed by atoms with Crippen LogP contribution in [0.3, 0.4) is 0 Å². The van der Waals surface area contributed by atoms with Gasteiger partial charge in [0.1, 0.15) is 0 Å². The summed E-state index contributed by atoms with van der Waals surface area (Å²) in [6, 6.07) is 2.36. The van der Waals surface area contributed by atoms with Gasteiger partial charge >= 0.3 is 149 Å². The van der Waals surface area contributed by atoms with Gasteiger partial charge in [0.2, 0.25) is 0 Å². The number of rotatable bonds is 4. The van der Waals surface area contributed by atoms with Crippen LogP contribution in [0, 0.1) is 0 Å². The van der Waals surface area contributed by atoms with Gasteiger partial charge in [-0.1, -0.05) is 0 Å². The Bertz CT molecular complexity index is 675. The first kappa shape index (κ1) is 21.5. The summed E-state index contributed by atoms with van der Waals surface area (Å²) in [4.78, 5) is 32.9. The number of carbonyl (C=O) groups excluding carboxylic acids is 2. The Balaban J connectivity index is 3.34. The second-order valence-corrected chi connectivity index (χ2v) is 11.4. The molecule has 0 aromatic heterocycles. The van der Waals surface area contributed by atoms with Crippen LogP contribution in [0.4, 0.5) is 26.3 Å². The molecule has 0 aliphatic rings. The van der Waals surface area contributed by atoms with Crippen LogP contribution in [0.25, 0.3) is 0 Å². The van der Waals surface area contributed by atoms with E-state index >= 15 is 0 Å². The number of benzene rings is 1. The maximum absolute atomic E-state index is 12.3. The first-order chi connectivity index (χ1) is 11.2. The molecular weight excluding hydrogens is 582 g/mol. The standard InChI is InChI=1S/C7H4ClO2.2C2HF3O2.Tl/c8-6-3-1-2-5(4-6)7(9)10;2*3-2(4,5)1(6)7;/h1,3-4H,(H,9,10);2*(H,6,7);/q;;;+2/p-2. The monoisotopic (exact) mass is 586 g/mol. The Kier molecular flexibility index (Phi) is 6.66. The summed E-state index contributed by atoms with van der Waals surface area (Å²) in [5, 5.41) is 8.77. The summed E-state index contributed by atoms with van der Waals surface area (Å²) in [7, 11) is 0. The molecule has 25 heavy (non-hydrogen) atoms. The van der Waals surface area contributed by atoms with E-state index in [-0.39, 0.29) is 5.02 Å². The van der Waals surface area contributed by atoms with Crippen molar-refractivity contribution in [2.24, 2.45) is 0 Å². The molecule has 0 radical (unpaired) electrons. The molecule has 1 rings (SSSR count). The molecule has 1 N–H and O–H groups in total. The minimum atomic E-state index is -5.61. The van der Waals surface area contributed by atoms with Crippen molar-refractivity contribution in [2.45, 2.75) is 12.4 Å². The van der Waals surface area contributed by atoms with Gasteiger partial charge in [0.25, 0.3) is 0 Å². The molecular formula is C11H4ClF6O6Tl. The zero-order chi connectivity index (χ0) is 19.6. The quantitative estimate of drug-likeness (QED) is 0.429. The third-order valence-electron chi connectivity index (χ3n) is 2.39. The van der Waals surface area contributed by atoms with Crippen LogP contribution in [0.5, 0.6) is 0 Å². The SMILES string of the molecule is O=C(O)c1cc(Cl)cc[c]1[Tl]([O]C(=O)C(F)(F)F)[O]C(=O)C(F)(F)F. The second kappa shape index (κ2) is 7.76. The fraction of sp³-hybridized carbons (Fsp3) is 0.182. The van der Waals surface area contributed by atoms with E-state index in [0.29, 0.717) is 6.07 Å². The number of alkyl halides is 6. The normalized spacial score (nSPS) is 11.6. The number of aromatic carboxylic acids is 1. The molecule has 0 saturated heterocycles. The minimum absolute atomic E-state index is 0.211. The van der Waals surface area contributed by atoms with Gasteiger partial charge in [0.05, 0.1) is 0 Å². The predicted molar refractivity (Wildman–Crippen MR) is 68.1 cm³/mol. The van der Waals surface area contributed by atoms with E-state index in [2.05, 4.69) is 5.37 Å². The first-order valence-corrected chi connectivity index (χ1v) is 12.1. The van der Waals surface area contributed by atoms with Gasteiger partial charge in [-0.15, -0.1) is 0 Å². The average Bonchev–Trinajstić information content (AvgIpc) is 2.44.